The predicted octanol–water partition coefficient (Wildman–Crippen LogP) is 3.17. The number of hydrogen-bond acceptors (Lipinski definition) is 5. The highest BCUT2D eigenvalue weighted by atomic mass is 32.2. The maximum atomic E-state index is 12.9. The van der Waals surface area contributed by atoms with Crippen LogP contribution in [0.25, 0.3) is 6.08 Å². The van der Waals surface area contributed by atoms with E-state index in [2.05, 4.69) is 10.2 Å². The highest BCUT2D eigenvalue weighted by Gasteiger charge is 2.30. The third kappa shape index (κ3) is 5.56. The van der Waals surface area contributed by atoms with Gasteiger partial charge in [0.2, 0.25) is 15.9 Å². The Hall–Kier alpha value is -2.68. The first-order valence-electron chi connectivity index (χ1n) is 11.0. The minimum absolute atomic E-state index is 0.0532. The largest absolute Gasteiger partial charge is 0.378 e. The van der Waals surface area contributed by atoms with Crippen molar-refractivity contribution < 1.29 is 17.9 Å². The normalized spacial score (nSPS) is 18.7. The monoisotopic (exact) mass is 455 g/mol. The number of para-hydroxylation sites is 2. The zero-order chi connectivity index (χ0) is 22.4. The molecule has 2 aromatic rings. The van der Waals surface area contributed by atoms with Crippen LogP contribution in [0.4, 0.5) is 11.4 Å². The first kappa shape index (κ1) is 22.5. The second-order valence-corrected chi connectivity index (χ2v) is 9.86. The molecule has 2 aromatic carbocycles. The van der Waals surface area contributed by atoms with Crippen LogP contribution >= 0.6 is 0 Å². The minimum atomic E-state index is -3.51. The third-order valence-electron chi connectivity index (χ3n) is 5.93. The summed E-state index contributed by atoms with van der Waals surface area (Å²) in [5.74, 6) is -0.264. The van der Waals surface area contributed by atoms with Gasteiger partial charge in [-0.15, -0.1) is 0 Å². The second kappa shape index (κ2) is 10.3. The predicted molar refractivity (Wildman–Crippen MR) is 127 cm³/mol. The molecule has 1 N–H and O–H groups in total. The van der Waals surface area contributed by atoms with E-state index in [-0.39, 0.29) is 11.8 Å². The molecule has 0 aromatic heterocycles. The summed E-state index contributed by atoms with van der Waals surface area (Å²) in [6.45, 7) is 3.61. The number of nitrogens with zero attached hydrogens (tertiary/aromatic N) is 2. The van der Waals surface area contributed by atoms with Crippen LogP contribution in [0, 0.1) is 5.92 Å². The number of piperidine rings is 1. The van der Waals surface area contributed by atoms with E-state index in [1.54, 1.807) is 6.08 Å². The topological polar surface area (TPSA) is 79.0 Å². The van der Waals surface area contributed by atoms with E-state index in [1.807, 2.05) is 54.6 Å². The highest BCUT2D eigenvalue weighted by Crippen LogP contribution is 2.28. The summed E-state index contributed by atoms with van der Waals surface area (Å²) in [6, 6.07) is 17.1. The van der Waals surface area contributed by atoms with Crippen molar-refractivity contribution in [1.82, 2.24) is 4.31 Å². The number of sulfonamides is 1. The van der Waals surface area contributed by atoms with Crippen molar-refractivity contribution in [3.05, 3.63) is 65.6 Å². The Bertz CT molecular complexity index is 1040. The number of nitrogens with one attached hydrogen (secondary N) is 1. The van der Waals surface area contributed by atoms with Crippen molar-refractivity contribution in [3.63, 3.8) is 0 Å². The average molecular weight is 456 g/mol. The van der Waals surface area contributed by atoms with Gasteiger partial charge in [-0.25, -0.2) is 8.42 Å². The molecule has 32 heavy (non-hydrogen) atoms. The van der Waals surface area contributed by atoms with Gasteiger partial charge in [-0.2, -0.15) is 4.31 Å². The number of benzene rings is 2. The van der Waals surface area contributed by atoms with E-state index in [0.717, 1.165) is 30.0 Å². The number of anilines is 2. The number of carbonyl (C=O) groups excluding carboxylic acids is 1. The molecule has 7 nitrogen and oxygen atoms in total. The fraction of sp³-hybridized carbons (Fsp3) is 0.375. The Morgan fingerprint density at radius 1 is 0.938 bits per heavy atom. The maximum absolute atomic E-state index is 12.9. The molecule has 1 amide bonds. The molecule has 0 atom stereocenters. The lowest BCUT2D eigenvalue weighted by Crippen LogP contribution is -2.41. The molecule has 0 bridgehead atoms. The van der Waals surface area contributed by atoms with Gasteiger partial charge in [0, 0.05) is 37.5 Å². The summed E-state index contributed by atoms with van der Waals surface area (Å²) in [5, 5.41) is 4.33. The minimum Gasteiger partial charge on any atom is -0.378 e. The van der Waals surface area contributed by atoms with Crippen LogP contribution in [0.15, 0.2) is 60.0 Å². The average Bonchev–Trinajstić information content (AvgIpc) is 2.84. The summed E-state index contributed by atoms with van der Waals surface area (Å²) < 4.78 is 32.2. The second-order valence-electron chi connectivity index (χ2n) is 8.04. The summed E-state index contributed by atoms with van der Waals surface area (Å²) in [4.78, 5) is 15.1. The molecule has 0 aliphatic carbocycles. The lowest BCUT2D eigenvalue weighted by molar-refractivity contribution is -0.120. The van der Waals surface area contributed by atoms with Gasteiger partial charge in [-0.05, 0) is 36.6 Å². The van der Waals surface area contributed by atoms with E-state index in [9.17, 15) is 13.2 Å². The molecule has 0 saturated carbocycles. The number of carbonyl (C=O) groups is 1. The van der Waals surface area contributed by atoms with E-state index < -0.39 is 10.0 Å². The van der Waals surface area contributed by atoms with Gasteiger partial charge >= 0.3 is 0 Å². The lowest BCUT2D eigenvalue weighted by atomic mass is 9.97. The Balaban J connectivity index is 1.35. The molecule has 2 fully saturated rings. The quantitative estimate of drug-likeness (QED) is 0.724. The fourth-order valence-corrected chi connectivity index (χ4v) is 5.30. The van der Waals surface area contributed by atoms with Gasteiger partial charge in [-0.1, -0.05) is 42.5 Å². The van der Waals surface area contributed by atoms with Crippen LogP contribution in [0.5, 0.6) is 0 Å². The van der Waals surface area contributed by atoms with E-state index in [0.29, 0.717) is 39.1 Å². The van der Waals surface area contributed by atoms with Crippen molar-refractivity contribution in [2.24, 2.45) is 5.92 Å². The summed E-state index contributed by atoms with van der Waals surface area (Å²) in [6.07, 6.45) is 2.62. The van der Waals surface area contributed by atoms with Gasteiger partial charge in [-0.3, -0.25) is 4.79 Å². The molecule has 2 heterocycles. The molecule has 2 saturated heterocycles. The van der Waals surface area contributed by atoms with Crippen LogP contribution in [-0.2, 0) is 19.6 Å². The molecule has 170 valence electrons. The third-order valence-corrected chi connectivity index (χ3v) is 7.50. The van der Waals surface area contributed by atoms with Crippen LogP contribution in [0.1, 0.15) is 18.4 Å². The fourth-order valence-electron chi connectivity index (χ4n) is 4.08. The van der Waals surface area contributed by atoms with Crippen LogP contribution < -0.4 is 10.2 Å². The first-order chi connectivity index (χ1) is 15.5. The molecule has 0 radical (unpaired) electrons. The molecule has 8 heteroatoms. The first-order valence-corrected chi connectivity index (χ1v) is 12.5. The molecule has 0 spiro atoms. The van der Waals surface area contributed by atoms with Crippen molar-refractivity contribution >= 4 is 33.4 Å². The van der Waals surface area contributed by atoms with Gasteiger partial charge in [0.05, 0.1) is 24.6 Å². The number of morpholine rings is 1. The maximum Gasteiger partial charge on any atom is 0.236 e. The standard InChI is InChI=1S/C24H29N3O4S/c28-24(25-22-8-4-5-9-23(22)26-15-17-31-18-16-26)21-10-13-27(14-11-21)32(29,30)19-12-20-6-2-1-3-7-20/h1-9,12,19,21H,10-11,13-18H2,(H,25,28). The van der Waals surface area contributed by atoms with Gasteiger partial charge < -0.3 is 15.0 Å². The molecular formula is C24H29N3O4S. The number of hydrogen-bond donors (Lipinski definition) is 1. The Morgan fingerprint density at radius 2 is 1.59 bits per heavy atom. The Morgan fingerprint density at radius 3 is 2.31 bits per heavy atom. The summed E-state index contributed by atoms with van der Waals surface area (Å²) in [7, 11) is -3.51. The van der Waals surface area contributed by atoms with Crippen molar-refractivity contribution in [1.29, 1.82) is 0 Å². The van der Waals surface area contributed by atoms with Gasteiger partial charge in [0.25, 0.3) is 0 Å². The number of ether oxygens (including phenoxy) is 1. The van der Waals surface area contributed by atoms with Crippen molar-refractivity contribution in [2.75, 3.05) is 49.6 Å². The van der Waals surface area contributed by atoms with Gasteiger partial charge in [0.15, 0.2) is 0 Å². The number of rotatable bonds is 6. The SMILES string of the molecule is O=C(Nc1ccccc1N1CCOCC1)C1CCN(S(=O)(=O)C=Cc2ccccc2)CC1. The molecule has 2 aliphatic heterocycles. The highest BCUT2D eigenvalue weighted by molar-refractivity contribution is 7.92. The smallest absolute Gasteiger partial charge is 0.236 e. The van der Waals surface area contributed by atoms with E-state index in [1.165, 1.54) is 9.71 Å². The molecular weight excluding hydrogens is 426 g/mol. The summed E-state index contributed by atoms with van der Waals surface area (Å²) in [5.41, 5.74) is 2.62. The van der Waals surface area contributed by atoms with Crippen molar-refractivity contribution in [3.8, 4) is 0 Å². The van der Waals surface area contributed by atoms with Gasteiger partial charge in [0.1, 0.15) is 0 Å². The Labute approximate surface area is 189 Å². The van der Waals surface area contributed by atoms with E-state index >= 15 is 0 Å². The Kier molecular flexibility index (Phi) is 7.24. The lowest BCUT2D eigenvalue weighted by Gasteiger charge is -2.32. The summed E-state index contributed by atoms with van der Waals surface area (Å²) >= 11 is 0. The number of amides is 1. The zero-order valence-corrected chi connectivity index (χ0v) is 18.8. The van der Waals surface area contributed by atoms with Crippen molar-refractivity contribution in [2.45, 2.75) is 12.8 Å². The molecule has 2 aliphatic rings. The molecule has 4 rings (SSSR count). The molecule has 0 unspecified atom stereocenters. The van der Waals surface area contributed by atoms with E-state index in [4.69, 9.17) is 4.74 Å². The van der Waals surface area contributed by atoms with Crippen LogP contribution in [0.2, 0.25) is 0 Å². The van der Waals surface area contributed by atoms with Crippen LogP contribution in [0.3, 0.4) is 0 Å². The zero-order valence-electron chi connectivity index (χ0n) is 18.0. The van der Waals surface area contributed by atoms with Crippen LogP contribution in [-0.4, -0.2) is 58.0 Å².